The Balaban J connectivity index is 2.26. The average Bonchev–Trinajstić information content (AvgIpc) is 3.01. The predicted molar refractivity (Wildman–Crippen MR) is 77.1 cm³/mol. The minimum absolute atomic E-state index is 0.0324. The van der Waals surface area contributed by atoms with E-state index >= 15 is 0 Å². The molecular weight excluding hydrogens is 260 g/mol. The Bertz CT molecular complexity index is 435. The van der Waals surface area contributed by atoms with Crippen molar-refractivity contribution in [1.29, 1.82) is 0 Å². The van der Waals surface area contributed by atoms with E-state index in [1.165, 1.54) is 4.88 Å². The molecule has 0 bridgehead atoms. The molecule has 2 heterocycles. The molecule has 1 aromatic heterocycles. The fourth-order valence-electron chi connectivity index (χ4n) is 2.34. The molecule has 0 saturated carbocycles. The lowest BCUT2D eigenvalue weighted by atomic mass is 9.99. The van der Waals surface area contributed by atoms with E-state index in [4.69, 9.17) is 4.74 Å². The Hall–Kier alpha value is -0.910. The molecule has 0 spiro atoms. The molecule has 1 aliphatic heterocycles. The van der Waals surface area contributed by atoms with Gasteiger partial charge in [0.15, 0.2) is 0 Å². The van der Waals surface area contributed by atoms with Crippen LogP contribution in [0.25, 0.3) is 0 Å². The molecule has 1 N–H and O–H groups in total. The van der Waals surface area contributed by atoms with Crippen LogP contribution in [0, 0.1) is 0 Å². The molecular formula is C14H22N2O2S. The molecule has 1 aliphatic rings. The number of nitrogens with zero attached hydrogens (tertiary/aromatic N) is 1. The van der Waals surface area contributed by atoms with Gasteiger partial charge in [-0.15, -0.1) is 11.3 Å². The van der Waals surface area contributed by atoms with Gasteiger partial charge >= 0.3 is 0 Å². The average molecular weight is 282 g/mol. The zero-order valence-corrected chi connectivity index (χ0v) is 12.8. The van der Waals surface area contributed by atoms with Gasteiger partial charge in [0.05, 0.1) is 11.6 Å². The topological polar surface area (TPSA) is 41.6 Å². The first-order chi connectivity index (χ1) is 9.01. The summed E-state index contributed by atoms with van der Waals surface area (Å²) in [5.74, 6) is 0.164. The molecule has 2 rings (SSSR count). The number of ether oxygens (including phenoxy) is 1. The zero-order valence-electron chi connectivity index (χ0n) is 12.0. The fraction of sp³-hybridized carbons (Fsp3) is 0.643. The van der Waals surface area contributed by atoms with Gasteiger partial charge in [0.25, 0.3) is 0 Å². The molecule has 1 amide bonds. The Kier molecular flexibility index (Phi) is 4.28. The fourth-order valence-corrected chi connectivity index (χ4v) is 3.13. The van der Waals surface area contributed by atoms with Crippen molar-refractivity contribution in [2.75, 3.05) is 13.7 Å². The normalized spacial score (nSPS) is 28.9. The van der Waals surface area contributed by atoms with Crippen molar-refractivity contribution in [2.24, 2.45) is 0 Å². The van der Waals surface area contributed by atoms with Crippen LogP contribution in [0.5, 0.6) is 0 Å². The van der Waals surface area contributed by atoms with Gasteiger partial charge in [-0.25, -0.2) is 0 Å². The van der Waals surface area contributed by atoms with Gasteiger partial charge in [-0.3, -0.25) is 10.1 Å². The highest BCUT2D eigenvalue weighted by atomic mass is 32.1. The van der Waals surface area contributed by atoms with E-state index in [0.717, 1.165) is 6.42 Å². The van der Waals surface area contributed by atoms with E-state index in [9.17, 15) is 4.79 Å². The molecule has 106 valence electrons. The van der Waals surface area contributed by atoms with Crippen LogP contribution < -0.4 is 5.32 Å². The smallest absolute Gasteiger partial charge is 0.244 e. The molecule has 1 fully saturated rings. The zero-order chi connectivity index (χ0) is 14.0. The standard InChI is InChI=1S/C14H22N2O2S/c1-5-14(3)13(17)16(9-10(2)18-4)12(15-14)11-7-6-8-19-11/h6-8,10,12,15H,5,9H2,1-4H3. The lowest BCUT2D eigenvalue weighted by Gasteiger charge is -2.26. The van der Waals surface area contributed by atoms with Gasteiger partial charge in [0.2, 0.25) is 5.91 Å². The van der Waals surface area contributed by atoms with E-state index < -0.39 is 5.54 Å². The molecule has 0 radical (unpaired) electrons. The third-order valence-electron chi connectivity index (χ3n) is 3.88. The number of carbonyl (C=O) groups is 1. The van der Waals surface area contributed by atoms with Gasteiger partial charge in [-0.2, -0.15) is 0 Å². The van der Waals surface area contributed by atoms with E-state index in [1.54, 1.807) is 18.4 Å². The van der Waals surface area contributed by atoms with Crippen molar-refractivity contribution in [3.8, 4) is 0 Å². The maximum Gasteiger partial charge on any atom is 0.244 e. The molecule has 1 saturated heterocycles. The van der Waals surface area contributed by atoms with Crippen LogP contribution in [-0.2, 0) is 9.53 Å². The number of rotatable bonds is 5. The predicted octanol–water partition coefficient (Wildman–Crippen LogP) is 2.38. The van der Waals surface area contributed by atoms with Crippen molar-refractivity contribution in [3.63, 3.8) is 0 Å². The third-order valence-corrected chi connectivity index (χ3v) is 4.80. The Morgan fingerprint density at radius 3 is 2.89 bits per heavy atom. The van der Waals surface area contributed by atoms with Crippen molar-refractivity contribution >= 4 is 17.2 Å². The second-order valence-electron chi connectivity index (χ2n) is 5.25. The summed E-state index contributed by atoms with van der Waals surface area (Å²) in [6.45, 7) is 6.62. The highest BCUT2D eigenvalue weighted by Crippen LogP contribution is 2.34. The molecule has 19 heavy (non-hydrogen) atoms. The molecule has 3 unspecified atom stereocenters. The third kappa shape index (κ3) is 2.68. The van der Waals surface area contributed by atoms with Crippen molar-refractivity contribution < 1.29 is 9.53 Å². The molecule has 0 aromatic carbocycles. The van der Waals surface area contributed by atoms with E-state index in [1.807, 2.05) is 37.1 Å². The number of methoxy groups -OCH3 is 1. The number of thiophene rings is 1. The largest absolute Gasteiger partial charge is 0.380 e. The van der Waals surface area contributed by atoms with Gasteiger partial charge in [-0.05, 0) is 31.7 Å². The molecule has 0 aliphatic carbocycles. The van der Waals surface area contributed by atoms with Crippen molar-refractivity contribution in [1.82, 2.24) is 10.2 Å². The summed E-state index contributed by atoms with van der Waals surface area (Å²) in [5, 5.41) is 5.52. The summed E-state index contributed by atoms with van der Waals surface area (Å²) in [6, 6.07) is 4.09. The summed E-state index contributed by atoms with van der Waals surface area (Å²) in [4.78, 5) is 15.7. The quantitative estimate of drug-likeness (QED) is 0.901. The summed E-state index contributed by atoms with van der Waals surface area (Å²) in [5.41, 5.74) is -0.470. The molecule has 4 nitrogen and oxygen atoms in total. The van der Waals surface area contributed by atoms with Gasteiger partial charge in [0, 0.05) is 18.5 Å². The summed E-state index contributed by atoms with van der Waals surface area (Å²) >= 11 is 1.67. The first-order valence-electron chi connectivity index (χ1n) is 6.66. The van der Waals surface area contributed by atoms with Crippen LogP contribution in [0.15, 0.2) is 17.5 Å². The van der Waals surface area contributed by atoms with Crippen LogP contribution in [0.4, 0.5) is 0 Å². The SMILES string of the molecule is CCC1(C)NC(c2cccs2)N(CC(C)OC)C1=O. The van der Waals surface area contributed by atoms with E-state index in [-0.39, 0.29) is 18.2 Å². The number of hydrogen-bond acceptors (Lipinski definition) is 4. The Morgan fingerprint density at radius 1 is 1.63 bits per heavy atom. The maximum atomic E-state index is 12.6. The minimum Gasteiger partial charge on any atom is -0.380 e. The maximum absolute atomic E-state index is 12.6. The van der Waals surface area contributed by atoms with Gasteiger partial charge in [-0.1, -0.05) is 13.0 Å². The second kappa shape index (κ2) is 5.61. The lowest BCUT2D eigenvalue weighted by molar-refractivity contribution is -0.134. The van der Waals surface area contributed by atoms with Crippen LogP contribution in [0.2, 0.25) is 0 Å². The monoisotopic (exact) mass is 282 g/mol. The van der Waals surface area contributed by atoms with Gasteiger partial charge < -0.3 is 9.64 Å². The van der Waals surface area contributed by atoms with Crippen molar-refractivity contribution in [3.05, 3.63) is 22.4 Å². The van der Waals surface area contributed by atoms with Crippen LogP contribution in [-0.4, -0.2) is 36.1 Å². The van der Waals surface area contributed by atoms with E-state index in [0.29, 0.717) is 6.54 Å². The molecule has 3 atom stereocenters. The van der Waals surface area contributed by atoms with Gasteiger partial charge in [0.1, 0.15) is 6.17 Å². The number of hydrogen-bond donors (Lipinski definition) is 1. The summed E-state index contributed by atoms with van der Waals surface area (Å²) < 4.78 is 5.31. The summed E-state index contributed by atoms with van der Waals surface area (Å²) in [6.07, 6.45) is 0.786. The highest BCUT2D eigenvalue weighted by Gasteiger charge is 2.47. The minimum atomic E-state index is -0.470. The Morgan fingerprint density at radius 2 is 2.37 bits per heavy atom. The number of nitrogens with one attached hydrogen (secondary N) is 1. The lowest BCUT2D eigenvalue weighted by Crippen LogP contribution is -2.43. The summed E-state index contributed by atoms with van der Waals surface area (Å²) in [7, 11) is 1.68. The molecule has 5 heteroatoms. The highest BCUT2D eigenvalue weighted by molar-refractivity contribution is 7.10. The second-order valence-corrected chi connectivity index (χ2v) is 6.23. The van der Waals surface area contributed by atoms with E-state index in [2.05, 4.69) is 11.4 Å². The number of amides is 1. The first kappa shape index (κ1) is 14.5. The van der Waals surface area contributed by atoms with Crippen LogP contribution >= 0.6 is 11.3 Å². The first-order valence-corrected chi connectivity index (χ1v) is 7.54. The van der Waals surface area contributed by atoms with Crippen LogP contribution in [0.3, 0.4) is 0 Å². The Labute approximate surface area is 118 Å². The van der Waals surface area contributed by atoms with Crippen molar-refractivity contribution in [2.45, 2.75) is 45.0 Å². The number of carbonyl (C=O) groups excluding carboxylic acids is 1. The molecule has 1 aromatic rings. The van der Waals surface area contributed by atoms with Crippen LogP contribution in [0.1, 0.15) is 38.2 Å².